The first-order chi connectivity index (χ1) is 12.7. The number of benzene rings is 2. The van der Waals surface area contributed by atoms with Crippen LogP contribution in [0.15, 0.2) is 48.5 Å². The van der Waals surface area contributed by atoms with Gasteiger partial charge in [-0.15, -0.1) is 0 Å². The number of para-hydroxylation sites is 2. The van der Waals surface area contributed by atoms with E-state index in [1.165, 1.54) is 56.9 Å². The number of rotatable bonds is 12. The van der Waals surface area contributed by atoms with Gasteiger partial charge in [-0.05, 0) is 36.6 Å². The maximum atomic E-state index is 11.4. The molecule has 26 heavy (non-hydrogen) atoms. The lowest BCUT2D eigenvalue weighted by molar-refractivity contribution is 0.0698. The van der Waals surface area contributed by atoms with Gasteiger partial charge in [-0.25, -0.2) is 4.79 Å². The number of anilines is 2. The van der Waals surface area contributed by atoms with Gasteiger partial charge in [-0.3, -0.25) is 0 Å². The summed E-state index contributed by atoms with van der Waals surface area (Å²) in [5.41, 5.74) is 3.19. The first kappa shape index (κ1) is 20.0. The summed E-state index contributed by atoms with van der Waals surface area (Å²) in [7, 11) is 0. The third-order valence-electron chi connectivity index (χ3n) is 4.74. The largest absolute Gasteiger partial charge is 0.478 e. The predicted octanol–water partition coefficient (Wildman–Crippen LogP) is 6.81. The Morgan fingerprint density at radius 2 is 1.38 bits per heavy atom. The van der Waals surface area contributed by atoms with Crippen molar-refractivity contribution in [3.63, 3.8) is 0 Å². The summed E-state index contributed by atoms with van der Waals surface area (Å²) >= 11 is 0. The fraction of sp³-hybridized carbons (Fsp3) is 0.435. The molecule has 0 heterocycles. The van der Waals surface area contributed by atoms with Crippen LogP contribution in [0.3, 0.4) is 0 Å². The molecule has 0 saturated heterocycles. The molecule has 0 spiro atoms. The highest BCUT2D eigenvalue weighted by molar-refractivity contribution is 5.95. The monoisotopic (exact) mass is 353 g/mol. The predicted molar refractivity (Wildman–Crippen MR) is 109 cm³/mol. The summed E-state index contributed by atoms with van der Waals surface area (Å²) in [5.74, 6) is -0.909. The molecule has 140 valence electrons. The summed E-state index contributed by atoms with van der Waals surface area (Å²) in [4.78, 5) is 11.4. The molecule has 2 aromatic rings. The van der Waals surface area contributed by atoms with E-state index in [0.717, 1.165) is 12.1 Å². The number of aromatic carboxylic acids is 1. The molecule has 3 nitrogen and oxygen atoms in total. The number of carboxylic acids is 1. The summed E-state index contributed by atoms with van der Waals surface area (Å²) in [6.45, 7) is 2.25. The Morgan fingerprint density at radius 1 is 0.808 bits per heavy atom. The Bertz CT molecular complexity index is 681. The highest BCUT2D eigenvalue weighted by Crippen LogP contribution is 2.25. The molecular formula is C23H31NO2. The minimum atomic E-state index is -0.909. The molecule has 0 aromatic heterocycles. The Kier molecular flexibility index (Phi) is 8.74. The third-order valence-corrected chi connectivity index (χ3v) is 4.74. The first-order valence-corrected chi connectivity index (χ1v) is 9.89. The highest BCUT2D eigenvalue weighted by atomic mass is 16.4. The minimum Gasteiger partial charge on any atom is -0.478 e. The number of hydrogen-bond acceptors (Lipinski definition) is 2. The van der Waals surface area contributed by atoms with E-state index in [0.29, 0.717) is 11.3 Å². The lowest BCUT2D eigenvalue weighted by Gasteiger charge is -2.14. The van der Waals surface area contributed by atoms with Crippen LogP contribution in [0.1, 0.15) is 74.2 Å². The van der Waals surface area contributed by atoms with Crippen molar-refractivity contribution >= 4 is 17.3 Å². The molecular weight excluding hydrogens is 322 g/mol. The summed E-state index contributed by atoms with van der Waals surface area (Å²) in [6.07, 6.45) is 11.5. The zero-order valence-electron chi connectivity index (χ0n) is 15.8. The summed E-state index contributed by atoms with van der Waals surface area (Å²) in [6, 6.07) is 15.3. The molecule has 0 fully saturated rings. The standard InChI is InChI=1S/C23H31NO2/c1-2-3-4-5-6-7-8-9-14-19-15-10-12-17-21(19)24-22-18-13-11-16-20(22)23(25)26/h10-13,15-18,24H,2-9,14H2,1H3,(H,25,26). The highest BCUT2D eigenvalue weighted by Gasteiger charge is 2.10. The van der Waals surface area contributed by atoms with Crippen molar-refractivity contribution < 1.29 is 9.90 Å². The third kappa shape index (κ3) is 6.55. The van der Waals surface area contributed by atoms with Crippen LogP contribution in [0.5, 0.6) is 0 Å². The van der Waals surface area contributed by atoms with Crippen LogP contribution in [0.2, 0.25) is 0 Å². The van der Waals surface area contributed by atoms with Crippen LogP contribution < -0.4 is 5.32 Å². The lowest BCUT2D eigenvalue weighted by atomic mass is 10.0. The molecule has 3 heteroatoms. The van der Waals surface area contributed by atoms with E-state index in [9.17, 15) is 9.90 Å². The average Bonchev–Trinajstić information content (AvgIpc) is 2.65. The Hall–Kier alpha value is -2.29. The van der Waals surface area contributed by atoms with Crippen molar-refractivity contribution in [3.8, 4) is 0 Å². The number of unbranched alkanes of at least 4 members (excludes halogenated alkanes) is 7. The van der Waals surface area contributed by atoms with Crippen LogP contribution in [0, 0.1) is 0 Å². The van der Waals surface area contributed by atoms with Gasteiger partial charge >= 0.3 is 5.97 Å². The number of nitrogens with one attached hydrogen (secondary N) is 1. The van der Waals surface area contributed by atoms with Crippen LogP contribution >= 0.6 is 0 Å². The molecule has 2 N–H and O–H groups in total. The molecule has 0 unspecified atom stereocenters. The van der Waals surface area contributed by atoms with Gasteiger partial charge in [0.25, 0.3) is 0 Å². The van der Waals surface area contributed by atoms with Gasteiger partial charge in [0.05, 0.1) is 11.3 Å². The zero-order valence-corrected chi connectivity index (χ0v) is 15.8. The van der Waals surface area contributed by atoms with Gasteiger partial charge in [-0.2, -0.15) is 0 Å². The minimum absolute atomic E-state index is 0.300. The van der Waals surface area contributed by atoms with Gasteiger partial charge in [0, 0.05) is 5.69 Å². The van der Waals surface area contributed by atoms with Crippen LogP contribution in [-0.4, -0.2) is 11.1 Å². The number of hydrogen-bond donors (Lipinski definition) is 2. The van der Waals surface area contributed by atoms with Crippen molar-refractivity contribution in [1.29, 1.82) is 0 Å². The van der Waals surface area contributed by atoms with Crippen molar-refractivity contribution in [2.45, 2.75) is 64.7 Å². The molecule has 0 aliphatic rings. The van der Waals surface area contributed by atoms with E-state index in [1.807, 2.05) is 30.3 Å². The Morgan fingerprint density at radius 3 is 2.08 bits per heavy atom. The second-order valence-electron chi connectivity index (χ2n) is 6.86. The van der Waals surface area contributed by atoms with Crippen molar-refractivity contribution in [1.82, 2.24) is 0 Å². The molecule has 2 aromatic carbocycles. The van der Waals surface area contributed by atoms with E-state index in [4.69, 9.17) is 0 Å². The second-order valence-corrected chi connectivity index (χ2v) is 6.86. The molecule has 0 aliphatic carbocycles. The van der Waals surface area contributed by atoms with Gasteiger partial charge < -0.3 is 10.4 Å². The molecule has 0 bridgehead atoms. The number of carbonyl (C=O) groups is 1. The van der Waals surface area contributed by atoms with Gasteiger partial charge in [0.1, 0.15) is 0 Å². The second kappa shape index (κ2) is 11.3. The molecule has 0 saturated carbocycles. The SMILES string of the molecule is CCCCCCCCCCc1ccccc1Nc1ccccc1C(=O)O. The van der Waals surface area contributed by atoms with E-state index in [2.05, 4.69) is 18.3 Å². The van der Waals surface area contributed by atoms with Crippen molar-refractivity contribution in [2.24, 2.45) is 0 Å². The van der Waals surface area contributed by atoms with Crippen LogP contribution in [0.25, 0.3) is 0 Å². The zero-order chi connectivity index (χ0) is 18.6. The van der Waals surface area contributed by atoms with Gasteiger partial charge in [0.15, 0.2) is 0 Å². The molecule has 0 radical (unpaired) electrons. The fourth-order valence-electron chi connectivity index (χ4n) is 3.23. The number of aryl methyl sites for hydroxylation is 1. The van der Waals surface area contributed by atoms with Crippen LogP contribution in [-0.2, 0) is 6.42 Å². The molecule has 0 amide bonds. The van der Waals surface area contributed by atoms with E-state index < -0.39 is 5.97 Å². The summed E-state index contributed by atoms with van der Waals surface area (Å²) < 4.78 is 0. The quantitative estimate of drug-likeness (QED) is 0.412. The Labute approximate surface area is 157 Å². The Balaban J connectivity index is 1.87. The normalized spacial score (nSPS) is 10.7. The maximum absolute atomic E-state index is 11.4. The maximum Gasteiger partial charge on any atom is 0.337 e. The van der Waals surface area contributed by atoms with Crippen molar-refractivity contribution in [3.05, 3.63) is 59.7 Å². The fourth-order valence-corrected chi connectivity index (χ4v) is 3.23. The van der Waals surface area contributed by atoms with E-state index in [-0.39, 0.29) is 0 Å². The molecule has 0 aliphatic heterocycles. The van der Waals surface area contributed by atoms with Gasteiger partial charge in [0.2, 0.25) is 0 Å². The lowest BCUT2D eigenvalue weighted by Crippen LogP contribution is -2.03. The van der Waals surface area contributed by atoms with Crippen molar-refractivity contribution in [2.75, 3.05) is 5.32 Å². The number of carboxylic acid groups (broad SMARTS) is 1. The smallest absolute Gasteiger partial charge is 0.337 e. The topological polar surface area (TPSA) is 49.3 Å². The van der Waals surface area contributed by atoms with E-state index in [1.54, 1.807) is 12.1 Å². The van der Waals surface area contributed by atoms with E-state index >= 15 is 0 Å². The first-order valence-electron chi connectivity index (χ1n) is 9.89. The molecule has 0 atom stereocenters. The molecule has 2 rings (SSSR count). The van der Waals surface area contributed by atoms with Crippen LogP contribution in [0.4, 0.5) is 11.4 Å². The summed E-state index contributed by atoms with van der Waals surface area (Å²) in [5, 5.41) is 12.7. The van der Waals surface area contributed by atoms with Gasteiger partial charge in [-0.1, -0.05) is 82.2 Å². The average molecular weight is 354 g/mol.